The Hall–Kier alpha value is -0.930. The Labute approximate surface area is 108 Å². The van der Waals surface area contributed by atoms with Crippen LogP contribution in [0.1, 0.15) is 43.7 Å². The molecule has 1 aromatic carbocycles. The summed E-state index contributed by atoms with van der Waals surface area (Å²) >= 11 is 0. The summed E-state index contributed by atoms with van der Waals surface area (Å²) < 4.78 is 19.3. The largest absolute Gasteiger partial charge is 0.379 e. The fourth-order valence-corrected chi connectivity index (χ4v) is 3.02. The fourth-order valence-electron chi connectivity index (χ4n) is 3.02. The molecule has 2 N–H and O–H groups in total. The second-order valence-electron chi connectivity index (χ2n) is 5.15. The van der Waals surface area contributed by atoms with Gasteiger partial charge in [-0.25, -0.2) is 4.39 Å². The molecule has 0 aromatic heterocycles. The molecule has 18 heavy (non-hydrogen) atoms. The first-order valence-corrected chi connectivity index (χ1v) is 6.77. The summed E-state index contributed by atoms with van der Waals surface area (Å²) in [5.41, 5.74) is 6.78. The van der Waals surface area contributed by atoms with Crippen LogP contribution in [0.25, 0.3) is 0 Å². The lowest BCUT2D eigenvalue weighted by molar-refractivity contribution is 0.0165. The Kier molecular flexibility index (Phi) is 4.72. The van der Waals surface area contributed by atoms with Crippen molar-refractivity contribution in [1.82, 2.24) is 0 Å². The summed E-state index contributed by atoms with van der Waals surface area (Å²) in [6.45, 7) is 0. The van der Waals surface area contributed by atoms with E-state index in [1.165, 1.54) is 25.3 Å². The van der Waals surface area contributed by atoms with Gasteiger partial charge in [-0.3, -0.25) is 0 Å². The van der Waals surface area contributed by atoms with Crippen LogP contribution in [0, 0.1) is 11.7 Å². The zero-order valence-corrected chi connectivity index (χ0v) is 10.9. The standard InChI is InChI=1S/C15H22FNO/c1-18-15(11-7-3-2-4-8-11)14(17)12-9-5-6-10-13(12)16/h5-6,9-11,14-15H,2-4,7-8,17H2,1H3. The van der Waals surface area contributed by atoms with Crippen LogP contribution in [0.3, 0.4) is 0 Å². The van der Waals surface area contributed by atoms with Crippen LogP contribution in [0.15, 0.2) is 24.3 Å². The Bertz CT molecular complexity index is 377. The fraction of sp³-hybridized carbons (Fsp3) is 0.600. The van der Waals surface area contributed by atoms with Crippen LogP contribution in [-0.4, -0.2) is 13.2 Å². The van der Waals surface area contributed by atoms with Crippen LogP contribution >= 0.6 is 0 Å². The molecule has 0 saturated heterocycles. The Morgan fingerprint density at radius 2 is 1.89 bits per heavy atom. The lowest BCUT2D eigenvalue weighted by Gasteiger charge is -2.33. The first kappa shape index (κ1) is 13.5. The number of ether oxygens (including phenoxy) is 1. The SMILES string of the molecule is COC(C1CCCCC1)C(N)c1ccccc1F. The third-order valence-corrected chi connectivity index (χ3v) is 4.00. The zero-order valence-electron chi connectivity index (χ0n) is 10.9. The van der Waals surface area contributed by atoms with E-state index in [9.17, 15) is 4.39 Å². The third-order valence-electron chi connectivity index (χ3n) is 4.00. The molecule has 1 aromatic rings. The normalized spacial score (nSPS) is 20.6. The van der Waals surface area contributed by atoms with Gasteiger partial charge in [0.1, 0.15) is 5.82 Å². The molecule has 0 heterocycles. The van der Waals surface area contributed by atoms with Crippen molar-refractivity contribution in [2.75, 3.05) is 7.11 Å². The van der Waals surface area contributed by atoms with Crippen LogP contribution in [0.5, 0.6) is 0 Å². The van der Waals surface area contributed by atoms with E-state index in [4.69, 9.17) is 10.5 Å². The van der Waals surface area contributed by atoms with Gasteiger partial charge >= 0.3 is 0 Å². The molecule has 1 aliphatic rings. The maximum absolute atomic E-state index is 13.8. The second-order valence-corrected chi connectivity index (χ2v) is 5.15. The van der Waals surface area contributed by atoms with Gasteiger partial charge in [0.25, 0.3) is 0 Å². The van der Waals surface area contributed by atoms with Crippen LogP contribution in [0.2, 0.25) is 0 Å². The molecular formula is C15H22FNO. The summed E-state index contributed by atoms with van der Waals surface area (Å²) in [6.07, 6.45) is 5.95. The topological polar surface area (TPSA) is 35.2 Å². The number of benzene rings is 1. The van der Waals surface area contributed by atoms with Crippen molar-refractivity contribution in [1.29, 1.82) is 0 Å². The number of hydrogen-bond donors (Lipinski definition) is 1. The van der Waals surface area contributed by atoms with Gasteiger partial charge in [-0.2, -0.15) is 0 Å². The number of nitrogens with two attached hydrogens (primary N) is 1. The predicted octanol–water partition coefficient (Wildman–Crippen LogP) is 3.42. The first-order valence-electron chi connectivity index (χ1n) is 6.77. The molecule has 2 rings (SSSR count). The van der Waals surface area contributed by atoms with Crippen LogP contribution in [0.4, 0.5) is 4.39 Å². The molecule has 2 unspecified atom stereocenters. The van der Waals surface area contributed by atoms with E-state index in [-0.39, 0.29) is 18.0 Å². The summed E-state index contributed by atoms with van der Waals surface area (Å²) in [7, 11) is 1.68. The van der Waals surface area contributed by atoms with Crippen molar-refractivity contribution in [2.24, 2.45) is 11.7 Å². The van der Waals surface area contributed by atoms with E-state index in [1.807, 2.05) is 6.07 Å². The minimum absolute atomic E-state index is 0.0813. The summed E-state index contributed by atoms with van der Waals surface area (Å²) in [5.74, 6) is 0.223. The molecule has 3 heteroatoms. The number of methoxy groups -OCH3 is 1. The molecule has 2 nitrogen and oxygen atoms in total. The van der Waals surface area contributed by atoms with Gasteiger partial charge in [0.15, 0.2) is 0 Å². The highest BCUT2D eigenvalue weighted by Gasteiger charge is 2.30. The molecule has 1 fully saturated rings. The lowest BCUT2D eigenvalue weighted by atomic mass is 9.81. The molecule has 1 aliphatic carbocycles. The van der Waals surface area contributed by atoms with Crippen LogP contribution < -0.4 is 5.73 Å². The minimum Gasteiger partial charge on any atom is -0.379 e. The Morgan fingerprint density at radius 3 is 2.50 bits per heavy atom. The van der Waals surface area contributed by atoms with E-state index >= 15 is 0 Å². The highest BCUT2D eigenvalue weighted by atomic mass is 19.1. The molecule has 0 spiro atoms. The van der Waals surface area contributed by atoms with E-state index < -0.39 is 0 Å². The van der Waals surface area contributed by atoms with E-state index in [2.05, 4.69) is 0 Å². The van der Waals surface area contributed by atoms with Gasteiger partial charge in [-0.1, -0.05) is 37.5 Å². The number of hydrogen-bond acceptors (Lipinski definition) is 2. The predicted molar refractivity (Wildman–Crippen MR) is 70.7 cm³/mol. The zero-order chi connectivity index (χ0) is 13.0. The molecule has 100 valence electrons. The van der Waals surface area contributed by atoms with Gasteiger partial charge in [-0.15, -0.1) is 0 Å². The first-order chi connectivity index (χ1) is 8.74. The monoisotopic (exact) mass is 251 g/mol. The number of halogens is 1. The van der Waals surface area contributed by atoms with Gasteiger partial charge in [0.05, 0.1) is 12.1 Å². The lowest BCUT2D eigenvalue weighted by Crippen LogP contribution is -2.36. The van der Waals surface area contributed by atoms with Crippen molar-refractivity contribution in [2.45, 2.75) is 44.2 Å². The highest BCUT2D eigenvalue weighted by Crippen LogP contribution is 2.33. The van der Waals surface area contributed by atoms with E-state index in [0.717, 1.165) is 12.8 Å². The minimum atomic E-state index is -0.376. The Morgan fingerprint density at radius 1 is 1.22 bits per heavy atom. The van der Waals surface area contributed by atoms with Gasteiger partial charge in [-0.05, 0) is 24.8 Å². The quantitative estimate of drug-likeness (QED) is 0.890. The molecule has 2 atom stereocenters. The van der Waals surface area contributed by atoms with Gasteiger partial charge in [0, 0.05) is 12.7 Å². The third kappa shape index (κ3) is 2.90. The highest BCUT2D eigenvalue weighted by molar-refractivity contribution is 5.22. The average molecular weight is 251 g/mol. The van der Waals surface area contributed by atoms with Crippen molar-refractivity contribution in [3.05, 3.63) is 35.6 Å². The maximum Gasteiger partial charge on any atom is 0.128 e. The van der Waals surface area contributed by atoms with Crippen LogP contribution in [-0.2, 0) is 4.74 Å². The van der Waals surface area contributed by atoms with Crippen molar-refractivity contribution in [3.63, 3.8) is 0 Å². The maximum atomic E-state index is 13.8. The van der Waals surface area contributed by atoms with E-state index in [1.54, 1.807) is 19.2 Å². The molecule has 0 amide bonds. The van der Waals surface area contributed by atoms with Crippen molar-refractivity contribution < 1.29 is 9.13 Å². The number of rotatable bonds is 4. The van der Waals surface area contributed by atoms with Gasteiger partial charge < -0.3 is 10.5 Å². The molecular weight excluding hydrogens is 229 g/mol. The summed E-state index contributed by atoms with van der Waals surface area (Å²) in [6, 6.07) is 6.36. The average Bonchev–Trinajstić information content (AvgIpc) is 2.41. The van der Waals surface area contributed by atoms with Crippen molar-refractivity contribution >= 4 is 0 Å². The molecule has 0 aliphatic heterocycles. The van der Waals surface area contributed by atoms with E-state index in [0.29, 0.717) is 11.5 Å². The summed E-state index contributed by atoms with van der Waals surface area (Å²) in [5, 5.41) is 0. The molecule has 0 radical (unpaired) electrons. The van der Waals surface area contributed by atoms with Crippen molar-refractivity contribution in [3.8, 4) is 0 Å². The van der Waals surface area contributed by atoms with Gasteiger partial charge in [0.2, 0.25) is 0 Å². The Balaban J connectivity index is 2.14. The summed E-state index contributed by atoms with van der Waals surface area (Å²) in [4.78, 5) is 0. The smallest absolute Gasteiger partial charge is 0.128 e. The second kappa shape index (κ2) is 6.30. The molecule has 0 bridgehead atoms. The molecule has 1 saturated carbocycles.